The third-order valence-electron chi connectivity index (χ3n) is 17.1. The summed E-state index contributed by atoms with van der Waals surface area (Å²) >= 11 is 0. The minimum Gasteiger partial charge on any atom is -0.309 e. The smallest absolute Gasteiger partial charge is 0.309 e. The second-order valence-electron chi connectivity index (χ2n) is 25.6. The Hall–Kier alpha value is -8.23. The average molecular weight is 1170 g/mol. The van der Waals surface area contributed by atoms with E-state index < -0.39 is 47.7 Å². The van der Waals surface area contributed by atoms with Gasteiger partial charge in [-0.15, -0.1) is 0 Å². The molecule has 2 nitrogen and oxygen atoms in total. The van der Waals surface area contributed by atoms with Gasteiger partial charge in [0.25, 0.3) is 0 Å². The second kappa shape index (κ2) is 19.7. The Labute approximate surface area is 488 Å². The summed E-state index contributed by atoms with van der Waals surface area (Å²) in [6, 6.07) is 70.1. The molecule has 13 rings (SSSR count). The summed E-state index contributed by atoms with van der Waals surface area (Å²) in [5.74, 6) is 0. The maximum atomic E-state index is 13.7. The molecule has 0 saturated carbocycles. The predicted octanol–water partition coefficient (Wildman–Crippen LogP) is 20.5. The first-order chi connectivity index (χ1) is 39.8. The molecular weight excluding hydrogens is 1100 g/mol. The molecule has 0 aliphatic carbocycles. The van der Waals surface area contributed by atoms with Crippen molar-refractivity contribution in [2.24, 2.45) is 0 Å². The van der Waals surface area contributed by atoms with Crippen molar-refractivity contribution < 1.29 is 26.3 Å². The molecule has 2 aromatic heterocycles. The molecule has 0 amide bonds. The molecule has 0 N–H and O–H groups in total. The summed E-state index contributed by atoms with van der Waals surface area (Å²) < 4.78 is 87.2. The molecule has 0 radical (unpaired) electrons. The lowest BCUT2D eigenvalue weighted by molar-refractivity contribution is -0.138. The number of aromatic nitrogens is 2. The van der Waals surface area contributed by atoms with Crippen molar-refractivity contribution in [1.82, 2.24) is 9.13 Å². The van der Waals surface area contributed by atoms with E-state index in [1.165, 1.54) is 61.4 Å². The van der Waals surface area contributed by atoms with Gasteiger partial charge in [-0.2, -0.15) is 26.3 Å². The van der Waals surface area contributed by atoms with Crippen molar-refractivity contribution in [3.63, 3.8) is 0 Å². The fraction of sp³-hybridized carbons (Fsp3) is 0.151. The molecule has 0 saturated heterocycles. The minimum atomic E-state index is -4.45. The van der Waals surface area contributed by atoms with Gasteiger partial charge in [-0.3, -0.25) is 0 Å². The summed E-state index contributed by atoms with van der Waals surface area (Å²) in [7, 11) is -5.12. The van der Waals surface area contributed by atoms with Gasteiger partial charge in [0, 0.05) is 32.9 Å². The van der Waals surface area contributed by atoms with Gasteiger partial charge in [0.2, 0.25) is 0 Å². The number of nitrogens with zero attached hydrogens (tertiary/aromatic N) is 2. The summed E-state index contributed by atoms with van der Waals surface area (Å²) in [4.78, 5) is 0. The van der Waals surface area contributed by atoms with E-state index >= 15 is 0 Å². The first kappa shape index (κ1) is 55.0. The van der Waals surface area contributed by atoms with E-state index in [0.29, 0.717) is 11.1 Å². The van der Waals surface area contributed by atoms with E-state index in [1.54, 1.807) is 0 Å². The molecule has 0 spiro atoms. The van der Waals surface area contributed by atoms with Gasteiger partial charge >= 0.3 is 12.4 Å². The largest absolute Gasteiger partial charge is 0.416 e. The highest BCUT2D eigenvalue weighted by Gasteiger charge is 2.32. The average Bonchev–Trinajstić information content (AvgIpc) is 1.36. The molecule has 0 aliphatic rings. The minimum absolute atomic E-state index is 0.676. The molecule has 13 aromatic rings. The molecule has 0 bridgehead atoms. The monoisotopic (exact) mass is 1160 g/mol. The zero-order valence-corrected chi connectivity index (χ0v) is 51.4. The van der Waals surface area contributed by atoms with Crippen LogP contribution in [0.1, 0.15) is 11.1 Å². The number of hydrogen-bond donors (Lipinski definition) is 0. The Bertz CT molecular complexity index is 4690. The van der Waals surface area contributed by atoms with E-state index in [1.807, 2.05) is 24.3 Å². The molecular formula is C73H62F6N2Si3. The Kier molecular flexibility index (Phi) is 12.9. The van der Waals surface area contributed by atoms with Gasteiger partial charge in [0.15, 0.2) is 0 Å². The molecule has 2 heterocycles. The Morgan fingerprint density at radius 1 is 0.262 bits per heavy atom. The number of para-hydroxylation sites is 1. The summed E-state index contributed by atoms with van der Waals surface area (Å²) in [5.41, 5.74) is 11.8. The van der Waals surface area contributed by atoms with Crippen molar-refractivity contribution in [2.45, 2.75) is 71.3 Å². The van der Waals surface area contributed by atoms with Crippen LogP contribution in [0, 0.1) is 0 Å². The zero-order chi connectivity index (χ0) is 59.0. The first-order valence-electron chi connectivity index (χ1n) is 28.5. The molecule has 11 aromatic carbocycles. The van der Waals surface area contributed by atoms with Crippen LogP contribution in [0.25, 0.3) is 121 Å². The van der Waals surface area contributed by atoms with Gasteiger partial charge in [-0.25, -0.2) is 0 Å². The topological polar surface area (TPSA) is 9.86 Å². The zero-order valence-electron chi connectivity index (χ0n) is 48.4. The lowest BCUT2D eigenvalue weighted by Gasteiger charge is -2.21. The van der Waals surface area contributed by atoms with Crippen molar-refractivity contribution in [3.05, 3.63) is 223 Å². The summed E-state index contributed by atoms with van der Waals surface area (Å²) in [6.45, 7) is 21.5. The Balaban J connectivity index is 1.11. The molecule has 11 heteroatoms. The van der Waals surface area contributed by atoms with Gasteiger partial charge in [-0.1, -0.05) is 214 Å². The van der Waals surface area contributed by atoms with Crippen LogP contribution in [0.4, 0.5) is 26.3 Å². The third kappa shape index (κ3) is 9.60. The van der Waals surface area contributed by atoms with Crippen LogP contribution in [0.5, 0.6) is 0 Å². The van der Waals surface area contributed by atoms with Crippen LogP contribution < -0.4 is 15.6 Å². The van der Waals surface area contributed by atoms with Crippen LogP contribution in [0.2, 0.25) is 58.9 Å². The fourth-order valence-corrected chi connectivity index (χ4v) is 15.9. The van der Waals surface area contributed by atoms with E-state index in [4.69, 9.17) is 0 Å². The van der Waals surface area contributed by atoms with Gasteiger partial charge in [0.1, 0.15) is 0 Å². The highest BCUT2D eigenvalue weighted by atomic mass is 28.3. The van der Waals surface area contributed by atoms with Crippen LogP contribution in [-0.4, -0.2) is 33.4 Å². The van der Waals surface area contributed by atoms with E-state index in [-0.39, 0.29) is 0 Å². The molecule has 0 atom stereocenters. The first-order valence-corrected chi connectivity index (χ1v) is 39.0. The number of alkyl halides is 6. The number of benzene rings is 11. The van der Waals surface area contributed by atoms with Gasteiger partial charge in [0.05, 0.1) is 57.4 Å². The Morgan fingerprint density at radius 3 is 0.893 bits per heavy atom. The molecule has 0 unspecified atom stereocenters. The quantitative estimate of drug-likeness (QED) is 0.0774. The van der Waals surface area contributed by atoms with Crippen molar-refractivity contribution in [1.29, 1.82) is 0 Å². The lowest BCUT2D eigenvalue weighted by atomic mass is 9.85. The standard InChI is InChI=1S/C73H62F6N2Si3/c1-82(2,3)55-32-37-67-61(42-55)58-12-10-11-13-66(58)80(67)53-30-35-59-64(40-53)70(49-18-14-45(15-19-49)47-22-26-51(27-23-47)72(74,75)76)60-36-31-54(41-65(60)71(59)50-20-16-46(17-21-50)48-24-28-52(29-25-48)73(77,78)79)81-68-38-33-56(83(4,5)6)43-62(68)63-44-57(84(7,8)9)34-39-69(63)81/h10-44H,1-9H3. The fourth-order valence-electron chi connectivity index (χ4n) is 12.4. The normalized spacial score (nSPS) is 12.9. The SMILES string of the molecule is C[Si](C)(C)c1ccc2c(c1)c1ccccc1n2-c1ccc2c(-c3ccc(-c4ccc(C(F)(F)F)cc4)cc3)c3cc(-n4c5ccc([Si](C)(C)C)cc5c5cc([Si](C)(C)C)ccc54)ccc3c(-c3ccc(-c4ccc(C(F)(F)F)cc4)cc3)c2c1. The van der Waals surface area contributed by atoms with Crippen molar-refractivity contribution in [2.75, 3.05) is 0 Å². The molecule has 0 aliphatic heterocycles. The molecule has 0 fully saturated rings. The van der Waals surface area contributed by atoms with Crippen molar-refractivity contribution in [3.8, 4) is 55.9 Å². The number of fused-ring (bicyclic) bond motifs is 8. The lowest BCUT2D eigenvalue weighted by Crippen LogP contribution is -2.37. The highest BCUT2D eigenvalue weighted by molar-refractivity contribution is 6.89. The third-order valence-corrected chi connectivity index (χ3v) is 23.2. The van der Waals surface area contributed by atoms with Crippen LogP contribution in [0.3, 0.4) is 0 Å². The molecule has 84 heavy (non-hydrogen) atoms. The van der Waals surface area contributed by atoms with Crippen LogP contribution in [-0.2, 0) is 12.4 Å². The summed E-state index contributed by atoms with van der Waals surface area (Å²) in [5, 5.41) is 13.0. The second-order valence-corrected chi connectivity index (χ2v) is 40.9. The predicted molar refractivity (Wildman–Crippen MR) is 351 cm³/mol. The van der Waals surface area contributed by atoms with E-state index in [9.17, 15) is 26.3 Å². The molecule has 418 valence electrons. The highest BCUT2D eigenvalue weighted by Crippen LogP contribution is 2.47. The number of rotatable bonds is 9. The maximum Gasteiger partial charge on any atom is 0.416 e. The van der Waals surface area contributed by atoms with Crippen LogP contribution >= 0.6 is 0 Å². The number of halogens is 6. The number of hydrogen-bond acceptors (Lipinski definition) is 0. The van der Waals surface area contributed by atoms with Gasteiger partial charge < -0.3 is 9.13 Å². The van der Waals surface area contributed by atoms with E-state index in [0.717, 1.165) is 113 Å². The van der Waals surface area contributed by atoms with Crippen molar-refractivity contribution >= 4 is 105 Å². The van der Waals surface area contributed by atoms with E-state index in [2.05, 4.69) is 208 Å². The van der Waals surface area contributed by atoms with Gasteiger partial charge in [-0.05, 0) is 139 Å². The summed E-state index contributed by atoms with van der Waals surface area (Å²) in [6.07, 6.45) is -8.90. The van der Waals surface area contributed by atoms with Crippen LogP contribution in [0.15, 0.2) is 212 Å². The Morgan fingerprint density at radius 2 is 0.560 bits per heavy atom. The maximum absolute atomic E-state index is 13.7.